The molecule has 126 valence electrons. The van der Waals surface area contributed by atoms with Crippen molar-refractivity contribution in [2.24, 2.45) is 11.5 Å². The van der Waals surface area contributed by atoms with Crippen molar-refractivity contribution in [3.63, 3.8) is 0 Å². The summed E-state index contributed by atoms with van der Waals surface area (Å²) in [4.78, 5) is 43.8. The van der Waals surface area contributed by atoms with Gasteiger partial charge in [-0.25, -0.2) is 9.59 Å². The van der Waals surface area contributed by atoms with Gasteiger partial charge in [-0.2, -0.15) is 0 Å². The lowest BCUT2D eigenvalue weighted by Gasteiger charge is -2.08. The highest BCUT2D eigenvalue weighted by atomic mass is 16.4. The van der Waals surface area contributed by atoms with Gasteiger partial charge < -0.3 is 46.3 Å². The van der Waals surface area contributed by atoms with Gasteiger partial charge in [-0.1, -0.05) is 0 Å². The summed E-state index contributed by atoms with van der Waals surface area (Å²) >= 11 is 0. The number of carbonyl (C=O) groups is 4. The number of carbonyl (C=O) groups excluding carboxylic acids is 2. The van der Waals surface area contributed by atoms with Crippen molar-refractivity contribution in [2.45, 2.75) is 0 Å². The van der Waals surface area contributed by atoms with Crippen LogP contribution in [0.5, 0.6) is 0 Å². The minimum absolute atomic E-state index is 0. The molecule has 1 aromatic carbocycles. The summed E-state index contributed by atoms with van der Waals surface area (Å²) in [6.07, 6.45) is 0. The van der Waals surface area contributed by atoms with Crippen LogP contribution < -0.4 is 36.1 Å². The third-order valence-corrected chi connectivity index (χ3v) is 2.15. The molecule has 0 atom stereocenters. The highest BCUT2D eigenvalue weighted by Crippen LogP contribution is 2.17. The highest BCUT2D eigenvalue weighted by Gasteiger charge is 2.23. The Balaban J connectivity index is -0.000000405. The maximum atomic E-state index is 11.1. The van der Waals surface area contributed by atoms with Crippen molar-refractivity contribution in [1.82, 2.24) is 24.6 Å². The Kier molecular flexibility index (Phi) is 12.1. The molecule has 0 aliphatic carbocycles. The van der Waals surface area contributed by atoms with Crippen LogP contribution in [-0.2, 0) is 0 Å². The molecule has 0 heterocycles. The fourth-order valence-corrected chi connectivity index (χ4v) is 1.36. The van der Waals surface area contributed by atoms with Gasteiger partial charge in [-0.3, -0.25) is 9.59 Å². The first-order chi connectivity index (χ1) is 8.25. The third-order valence-electron chi connectivity index (χ3n) is 2.15. The molecule has 0 radical (unpaired) electrons. The number of carboxylic acids is 2. The van der Waals surface area contributed by atoms with Crippen LogP contribution in [0.4, 0.5) is 0 Å². The van der Waals surface area contributed by atoms with Crippen molar-refractivity contribution in [3.8, 4) is 0 Å². The number of nitrogens with two attached hydrogens (primary N) is 2. The molecule has 1 rings (SSSR count). The van der Waals surface area contributed by atoms with Crippen molar-refractivity contribution in [1.29, 1.82) is 0 Å². The number of hydrogen-bond acceptors (Lipinski definition) is 8. The zero-order valence-corrected chi connectivity index (χ0v) is 11.7. The molecule has 1 aromatic rings. The van der Waals surface area contributed by atoms with Crippen LogP contribution in [0.3, 0.4) is 0 Å². The molecule has 0 bridgehead atoms. The summed E-state index contributed by atoms with van der Waals surface area (Å²) in [6.45, 7) is 0. The zero-order valence-electron chi connectivity index (χ0n) is 11.7. The van der Waals surface area contributed by atoms with Gasteiger partial charge in [-0.15, -0.1) is 0 Å². The molecule has 22 heavy (non-hydrogen) atoms. The molecular weight excluding hydrogens is 300 g/mol. The van der Waals surface area contributed by atoms with Crippen LogP contribution >= 0.6 is 0 Å². The third kappa shape index (κ3) is 5.14. The molecule has 0 saturated heterocycles. The van der Waals surface area contributed by atoms with Gasteiger partial charge in [0, 0.05) is 0 Å². The topological polar surface area (TPSA) is 301 Å². The standard InChI is InChI=1S/C10H8N2O6.4H3N/c11-7(13)3-1-5(9(15)16)6(10(17)18)2-4(3)8(12)14;;;;/h1-2H,(H2,11,13)(H2,12,14)(H,15,16)(H,17,18);4*1H3. The van der Waals surface area contributed by atoms with E-state index < -0.39 is 46.0 Å². The highest BCUT2D eigenvalue weighted by molar-refractivity contribution is 6.11. The molecule has 0 aliphatic rings. The minimum atomic E-state index is -1.56. The van der Waals surface area contributed by atoms with Crippen LogP contribution in [0.2, 0.25) is 0 Å². The molecule has 12 nitrogen and oxygen atoms in total. The van der Waals surface area contributed by atoms with E-state index in [2.05, 4.69) is 0 Å². The van der Waals surface area contributed by atoms with E-state index in [0.717, 1.165) is 0 Å². The molecule has 0 aliphatic heterocycles. The fraction of sp³-hybridized carbons (Fsp3) is 0. The van der Waals surface area contributed by atoms with E-state index in [-0.39, 0.29) is 24.6 Å². The molecule has 0 fully saturated rings. The molecule has 18 N–H and O–H groups in total. The van der Waals surface area contributed by atoms with Crippen molar-refractivity contribution < 1.29 is 29.4 Å². The van der Waals surface area contributed by atoms with Crippen LogP contribution in [0.25, 0.3) is 0 Å². The van der Waals surface area contributed by atoms with E-state index in [9.17, 15) is 19.2 Å². The first-order valence-corrected chi connectivity index (χ1v) is 4.50. The maximum absolute atomic E-state index is 11.1. The second kappa shape index (κ2) is 9.78. The summed E-state index contributed by atoms with van der Waals surface area (Å²) < 4.78 is 0. The van der Waals surface area contributed by atoms with Gasteiger partial charge in [0.15, 0.2) is 0 Å². The first kappa shape index (κ1) is 27.3. The van der Waals surface area contributed by atoms with E-state index in [1.165, 1.54) is 0 Å². The van der Waals surface area contributed by atoms with Crippen molar-refractivity contribution in [2.75, 3.05) is 0 Å². The summed E-state index contributed by atoms with van der Waals surface area (Å²) in [6, 6.07) is 1.43. The SMILES string of the molecule is N.N.N.N.NC(=O)c1cc(C(=O)O)c(C(=O)O)cc1C(N)=O. The summed E-state index contributed by atoms with van der Waals surface area (Å²) in [5, 5.41) is 17.6. The van der Waals surface area contributed by atoms with Crippen LogP contribution in [0.1, 0.15) is 41.4 Å². The quantitative estimate of drug-likeness (QED) is 0.364. The van der Waals surface area contributed by atoms with Gasteiger partial charge in [0.05, 0.1) is 22.3 Å². The van der Waals surface area contributed by atoms with Crippen LogP contribution in [0, 0.1) is 0 Å². The van der Waals surface area contributed by atoms with E-state index in [4.69, 9.17) is 21.7 Å². The summed E-state index contributed by atoms with van der Waals surface area (Å²) in [5.41, 5.74) is 7.74. The predicted molar refractivity (Wildman–Crippen MR) is 77.5 cm³/mol. The van der Waals surface area contributed by atoms with E-state index >= 15 is 0 Å². The Morgan fingerprint density at radius 1 is 0.636 bits per heavy atom. The maximum Gasteiger partial charge on any atom is 0.336 e. The first-order valence-electron chi connectivity index (χ1n) is 4.50. The number of hydrogen-bond donors (Lipinski definition) is 8. The largest absolute Gasteiger partial charge is 0.478 e. The lowest BCUT2D eigenvalue weighted by Crippen LogP contribution is -2.23. The monoisotopic (exact) mass is 320 g/mol. The van der Waals surface area contributed by atoms with Gasteiger partial charge >= 0.3 is 11.9 Å². The number of amides is 2. The molecule has 0 saturated carbocycles. The zero-order chi connectivity index (χ0) is 14.0. The molecule has 12 heteroatoms. The molecule has 0 aromatic heterocycles. The second-order valence-electron chi connectivity index (χ2n) is 3.28. The van der Waals surface area contributed by atoms with Crippen LogP contribution in [-0.4, -0.2) is 34.0 Å². The number of benzene rings is 1. The van der Waals surface area contributed by atoms with Crippen LogP contribution in [0.15, 0.2) is 12.1 Å². The predicted octanol–water partition coefficient (Wildman–Crippen LogP) is -0.0712. The Bertz CT molecular complexity index is 489. The Labute approximate surface area is 124 Å². The fourth-order valence-electron chi connectivity index (χ4n) is 1.36. The van der Waals surface area contributed by atoms with Gasteiger partial charge in [0.1, 0.15) is 0 Å². The minimum Gasteiger partial charge on any atom is -0.478 e. The normalized spacial score (nSPS) is 8.00. The van der Waals surface area contributed by atoms with E-state index in [0.29, 0.717) is 12.1 Å². The average Bonchev–Trinajstić information content (AvgIpc) is 2.26. The Hall–Kier alpha value is -3.06. The van der Waals surface area contributed by atoms with Gasteiger partial charge in [-0.05, 0) is 12.1 Å². The lowest BCUT2D eigenvalue weighted by atomic mass is 9.97. The molecule has 2 amide bonds. The number of rotatable bonds is 4. The number of carboxylic acid groups (broad SMARTS) is 2. The number of primary amides is 2. The summed E-state index contributed by atoms with van der Waals surface area (Å²) in [5.74, 6) is -5.29. The number of aromatic carboxylic acids is 2. The average molecular weight is 320 g/mol. The van der Waals surface area contributed by atoms with Gasteiger partial charge in [0.2, 0.25) is 11.8 Å². The lowest BCUT2D eigenvalue weighted by molar-refractivity contribution is 0.0651. The van der Waals surface area contributed by atoms with Gasteiger partial charge in [0.25, 0.3) is 0 Å². The van der Waals surface area contributed by atoms with E-state index in [1.54, 1.807) is 0 Å². The smallest absolute Gasteiger partial charge is 0.336 e. The van der Waals surface area contributed by atoms with Crippen molar-refractivity contribution >= 4 is 23.8 Å². The molecular formula is C10H20N6O6. The van der Waals surface area contributed by atoms with E-state index in [1.807, 2.05) is 0 Å². The Morgan fingerprint density at radius 2 is 0.864 bits per heavy atom. The Morgan fingerprint density at radius 3 is 1.00 bits per heavy atom. The van der Waals surface area contributed by atoms with Crippen molar-refractivity contribution in [3.05, 3.63) is 34.4 Å². The molecule has 0 unspecified atom stereocenters. The second-order valence-corrected chi connectivity index (χ2v) is 3.28. The molecule has 0 spiro atoms. The summed E-state index contributed by atoms with van der Waals surface area (Å²) in [7, 11) is 0.